The SMILES string of the molecule is C#CCOc1ccc(/C=C(/C#N)C(=O)Nc2cccc(C)c2)cc1Br. The van der Waals surface area contributed by atoms with Crippen LogP contribution in [0, 0.1) is 30.6 Å². The van der Waals surface area contributed by atoms with Crippen molar-refractivity contribution in [2.24, 2.45) is 0 Å². The second-order valence-corrected chi connectivity index (χ2v) is 6.03. The molecule has 5 heteroatoms. The van der Waals surface area contributed by atoms with Crippen LogP contribution in [0.5, 0.6) is 5.75 Å². The second kappa shape index (κ2) is 8.73. The highest BCUT2D eigenvalue weighted by Crippen LogP contribution is 2.27. The van der Waals surface area contributed by atoms with Crippen molar-refractivity contribution in [3.63, 3.8) is 0 Å². The average Bonchev–Trinajstić information content (AvgIpc) is 2.58. The summed E-state index contributed by atoms with van der Waals surface area (Å²) in [5.41, 5.74) is 2.36. The van der Waals surface area contributed by atoms with Gasteiger partial charge < -0.3 is 10.1 Å². The van der Waals surface area contributed by atoms with E-state index in [0.29, 0.717) is 21.5 Å². The van der Waals surface area contributed by atoms with Crippen LogP contribution in [0.25, 0.3) is 6.08 Å². The minimum atomic E-state index is -0.461. The predicted molar refractivity (Wildman–Crippen MR) is 102 cm³/mol. The first kappa shape index (κ1) is 18.3. The van der Waals surface area contributed by atoms with Crippen molar-refractivity contribution >= 4 is 33.6 Å². The first-order valence-electron chi connectivity index (χ1n) is 7.39. The monoisotopic (exact) mass is 394 g/mol. The van der Waals surface area contributed by atoms with Crippen LogP contribution in [0.2, 0.25) is 0 Å². The Kier molecular flexibility index (Phi) is 6.39. The van der Waals surface area contributed by atoms with E-state index in [9.17, 15) is 10.1 Å². The minimum Gasteiger partial charge on any atom is -0.480 e. The van der Waals surface area contributed by atoms with Crippen molar-refractivity contribution in [3.8, 4) is 24.2 Å². The molecule has 0 unspecified atom stereocenters. The number of nitriles is 1. The summed E-state index contributed by atoms with van der Waals surface area (Å²) in [7, 11) is 0. The first-order chi connectivity index (χ1) is 12.0. The molecule has 2 aromatic rings. The van der Waals surface area contributed by atoms with Crippen LogP contribution in [0.1, 0.15) is 11.1 Å². The molecule has 0 spiro atoms. The molecule has 0 aliphatic heterocycles. The Morgan fingerprint density at radius 3 is 2.80 bits per heavy atom. The smallest absolute Gasteiger partial charge is 0.266 e. The summed E-state index contributed by atoms with van der Waals surface area (Å²) >= 11 is 3.38. The average molecular weight is 395 g/mol. The standard InChI is InChI=1S/C20H15BrN2O2/c1-3-9-25-19-8-7-15(12-18(19)21)11-16(13-22)20(24)23-17-6-4-5-14(2)10-17/h1,4-8,10-12H,9H2,2H3,(H,23,24)/b16-11-. The highest BCUT2D eigenvalue weighted by atomic mass is 79.9. The summed E-state index contributed by atoms with van der Waals surface area (Å²) in [6, 6.07) is 14.5. The van der Waals surface area contributed by atoms with Gasteiger partial charge in [-0.15, -0.1) is 6.42 Å². The Balaban J connectivity index is 2.19. The highest BCUT2D eigenvalue weighted by molar-refractivity contribution is 9.10. The van der Waals surface area contributed by atoms with Gasteiger partial charge in [0.2, 0.25) is 0 Å². The molecule has 0 saturated heterocycles. The maximum absolute atomic E-state index is 12.3. The van der Waals surface area contributed by atoms with Gasteiger partial charge in [-0.1, -0.05) is 24.1 Å². The lowest BCUT2D eigenvalue weighted by molar-refractivity contribution is -0.112. The van der Waals surface area contributed by atoms with E-state index in [1.165, 1.54) is 6.08 Å². The Hall–Kier alpha value is -3.02. The van der Waals surface area contributed by atoms with Crippen LogP contribution < -0.4 is 10.1 Å². The molecule has 2 rings (SSSR count). The van der Waals surface area contributed by atoms with E-state index in [-0.39, 0.29) is 12.2 Å². The van der Waals surface area contributed by atoms with Crippen LogP contribution in [0.3, 0.4) is 0 Å². The lowest BCUT2D eigenvalue weighted by Gasteiger charge is -2.07. The zero-order chi connectivity index (χ0) is 18.2. The van der Waals surface area contributed by atoms with E-state index < -0.39 is 5.91 Å². The molecule has 1 amide bonds. The normalized spacial score (nSPS) is 10.5. The Morgan fingerprint density at radius 1 is 1.36 bits per heavy atom. The fourth-order valence-electron chi connectivity index (χ4n) is 2.08. The summed E-state index contributed by atoms with van der Waals surface area (Å²) in [5, 5.41) is 12.0. The highest BCUT2D eigenvalue weighted by Gasteiger charge is 2.10. The molecule has 0 bridgehead atoms. The summed E-state index contributed by atoms with van der Waals surface area (Å²) in [6.45, 7) is 2.09. The Morgan fingerprint density at radius 2 is 2.16 bits per heavy atom. The van der Waals surface area contributed by atoms with Gasteiger partial charge >= 0.3 is 0 Å². The van der Waals surface area contributed by atoms with Gasteiger partial charge in [-0.25, -0.2) is 0 Å². The zero-order valence-corrected chi connectivity index (χ0v) is 15.1. The molecule has 4 nitrogen and oxygen atoms in total. The number of halogens is 1. The number of rotatable bonds is 5. The van der Waals surface area contributed by atoms with Gasteiger partial charge in [0.25, 0.3) is 5.91 Å². The topological polar surface area (TPSA) is 62.1 Å². The Labute approximate surface area is 155 Å². The van der Waals surface area contributed by atoms with Crippen molar-refractivity contribution in [1.29, 1.82) is 5.26 Å². The minimum absolute atomic E-state index is 0.00528. The van der Waals surface area contributed by atoms with Crippen LogP contribution in [-0.4, -0.2) is 12.5 Å². The molecular weight excluding hydrogens is 380 g/mol. The molecule has 2 aromatic carbocycles. The number of hydrogen-bond acceptors (Lipinski definition) is 3. The van der Waals surface area contributed by atoms with E-state index in [1.54, 1.807) is 24.3 Å². The third-order valence-corrected chi connectivity index (χ3v) is 3.84. The van der Waals surface area contributed by atoms with Gasteiger partial charge in [-0.3, -0.25) is 4.79 Å². The predicted octanol–water partition coefficient (Wildman–Crippen LogP) is 4.32. The fourth-order valence-corrected chi connectivity index (χ4v) is 2.59. The number of ether oxygens (including phenoxy) is 1. The molecule has 0 aliphatic carbocycles. The number of nitrogens with one attached hydrogen (secondary N) is 1. The molecule has 0 atom stereocenters. The van der Waals surface area contributed by atoms with Gasteiger partial charge in [0.05, 0.1) is 4.47 Å². The molecule has 0 aliphatic rings. The molecule has 0 aromatic heterocycles. The molecular formula is C20H15BrN2O2. The van der Waals surface area contributed by atoms with Crippen LogP contribution in [0.4, 0.5) is 5.69 Å². The summed E-state index contributed by atoms with van der Waals surface area (Å²) in [5.74, 6) is 2.52. The summed E-state index contributed by atoms with van der Waals surface area (Å²) in [6.07, 6.45) is 6.68. The lowest BCUT2D eigenvalue weighted by atomic mass is 10.1. The largest absolute Gasteiger partial charge is 0.480 e. The van der Waals surface area contributed by atoms with Gasteiger partial charge in [0.15, 0.2) is 0 Å². The fraction of sp³-hybridized carbons (Fsp3) is 0.100. The van der Waals surface area contributed by atoms with Crippen molar-refractivity contribution in [1.82, 2.24) is 0 Å². The van der Waals surface area contributed by atoms with E-state index in [2.05, 4.69) is 27.2 Å². The molecule has 0 radical (unpaired) electrons. The molecule has 124 valence electrons. The van der Waals surface area contributed by atoms with Crippen LogP contribution in [0.15, 0.2) is 52.5 Å². The van der Waals surface area contributed by atoms with E-state index in [4.69, 9.17) is 11.2 Å². The van der Waals surface area contributed by atoms with Crippen molar-refractivity contribution < 1.29 is 9.53 Å². The number of amides is 1. The number of nitrogens with zero attached hydrogens (tertiary/aromatic N) is 1. The van der Waals surface area contributed by atoms with Gasteiger partial charge in [-0.2, -0.15) is 5.26 Å². The molecule has 0 fully saturated rings. The van der Waals surface area contributed by atoms with Crippen molar-refractivity contribution in [2.45, 2.75) is 6.92 Å². The maximum atomic E-state index is 12.3. The zero-order valence-electron chi connectivity index (χ0n) is 13.5. The van der Waals surface area contributed by atoms with Gasteiger partial charge in [0, 0.05) is 5.69 Å². The number of benzene rings is 2. The molecule has 1 N–H and O–H groups in total. The van der Waals surface area contributed by atoms with Crippen molar-refractivity contribution in [3.05, 3.63) is 63.6 Å². The molecule has 25 heavy (non-hydrogen) atoms. The van der Waals surface area contributed by atoms with Gasteiger partial charge in [0.1, 0.15) is 24.0 Å². The number of aryl methyl sites for hydroxylation is 1. The molecule has 0 heterocycles. The number of carbonyl (C=O) groups is 1. The van der Waals surface area contributed by atoms with E-state index in [1.807, 2.05) is 31.2 Å². The van der Waals surface area contributed by atoms with Crippen LogP contribution >= 0.6 is 15.9 Å². The van der Waals surface area contributed by atoms with E-state index >= 15 is 0 Å². The van der Waals surface area contributed by atoms with Gasteiger partial charge in [-0.05, 0) is 64.3 Å². The maximum Gasteiger partial charge on any atom is 0.266 e. The van der Waals surface area contributed by atoms with E-state index in [0.717, 1.165) is 5.56 Å². The molecule has 0 saturated carbocycles. The lowest BCUT2D eigenvalue weighted by Crippen LogP contribution is -2.13. The number of hydrogen-bond donors (Lipinski definition) is 1. The Bertz CT molecular complexity index is 905. The third-order valence-electron chi connectivity index (χ3n) is 3.22. The number of carbonyl (C=O) groups excluding carboxylic acids is 1. The quantitative estimate of drug-likeness (QED) is 0.466. The van der Waals surface area contributed by atoms with Crippen molar-refractivity contribution in [2.75, 3.05) is 11.9 Å². The first-order valence-corrected chi connectivity index (χ1v) is 8.18. The third kappa shape index (κ3) is 5.24. The summed E-state index contributed by atoms with van der Waals surface area (Å²) in [4.78, 5) is 12.3. The second-order valence-electron chi connectivity index (χ2n) is 5.18. The number of anilines is 1. The van der Waals surface area contributed by atoms with Crippen LogP contribution in [-0.2, 0) is 4.79 Å². The number of terminal acetylenes is 1. The summed E-state index contributed by atoms with van der Waals surface area (Å²) < 4.78 is 6.05.